The Kier molecular flexibility index (Phi) is 6.74. The van der Waals surface area contributed by atoms with Crippen molar-refractivity contribution in [3.05, 3.63) is 23.8 Å². The number of anilines is 2. The zero-order valence-electron chi connectivity index (χ0n) is 11.3. The zero-order valence-corrected chi connectivity index (χ0v) is 11.3. The second kappa shape index (κ2) is 8.37. The second-order valence-corrected chi connectivity index (χ2v) is 4.36. The Morgan fingerprint density at radius 2 is 2.11 bits per heavy atom. The third-order valence-corrected chi connectivity index (χ3v) is 2.70. The molecule has 5 nitrogen and oxygen atoms in total. The first-order chi connectivity index (χ1) is 9.15. The van der Waals surface area contributed by atoms with Crippen molar-refractivity contribution in [3.63, 3.8) is 0 Å². The highest BCUT2D eigenvalue weighted by Crippen LogP contribution is 2.19. The number of ether oxygens (including phenoxy) is 1. The maximum Gasteiger partial charge on any atom is 0.337 e. The number of hydrogen-bond donors (Lipinski definition) is 3. The number of hydrogen-bond acceptors (Lipinski definition) is 4. The molecule has 106 valence electrons. The van der Waals surface area contributed by atoms with Gasteiger partial charge in [-0.3, -0.25) is 0 Å². The average molecular weight is 266 g/mol. The van der Waals surface area contributed by atoms with E-state index in [-0.39, 0.29) is 5.56 Å². The van der Waals surface area contributed by atoms with E-state index in [0.29, 0.717) is 24.5 Å². The molecule has 0 fully saturated rings. The highest BCUT2D eigenvalue weighted by Gasteiger charge is 2.09. The maximum atomic E-state index is 11.0. The number of rotatable bonds is 9. The summed E-state index contributed by atoms with van der Waals surface area (Å²) in [5.74, 6) is -0.957. The molecule has 0 saturated carbocycles. The molecule has 0 radical (unpaired) electrons. The fraction of sp³-hybridized carbons (Fsp3) is 0.500. The molecule has 5 heteroatoms. The predicted molar refractivity (Wildman–Crippen MR) is 76.6 cm³/mol. The van der Waals surface area contributed by atoms with Crippen LogP contribution in [0.3, 0.4) is 0 Å². The van der Waals surface area contributed by atoms with E-state index in [4.69, 9.17) is 15.6 Å². The number of carboxylic acids is 1. The van der Waals surface area contributed by atoms with Gasteiger partial charge in [0, 0.05) is 25.4 Å². The van der Waals surface area contributed by atoms with Gasteiger partial charge in [0.05, 0.1) is 11.3 Å². The van der Waals surface area contributed by atoms with Gasteiger partial charge in [-0.1, -0.05) is 13.3 Å². The minimum atomic E-state index is -0.957. The van der Waals surface area contributed by atoms with Crippen LogP contribution in [0.15, 0.2) is 18.2 Å². The third kappa shape index (κ3) is 5.61. The highest BCUT2D eigenvalue weighted by molar-refractivity contribution is 5.95. The lowest BCUT2D eigenvalue weighted by atomic mass is 10.1. The normalized spacial score (nSPS) is 10.4. The van der Waals surface area contributed by atoms with Crippen LogP contribution >= 0.6 is 0 Å². The molecule has 0 amide bonds. The summed E-state index contributed by atoms with van der Waals surface area (Å²) in [5.41, 5.74) is 7.00. The lowest BCUT2D eigenvalue weighted by molar-refractivity contribution is 0.0698. The molecule has 0 spiro atoms. The molecule has 19 heavy (non-hydrogen) atoms. The number of unbranched alkanes of at least 4 members (excludes halogenated alkanes) is 1. The molecule has 0 heterocycles. The Morgan fingerprint density at radius 1 is 1.37 bits per heavy atom. The van der Waals surface area contributed by atoms with E-state index in [2.05, 4.69) is 12.2 Å². The number of benzene rings is 1. The summed E-state index contributed by atoms with van der Waals surface area (Å²) in [6.07, 6.45) is 3.03. The Bertz CT molecular complexity index is 408. The summed E-state index contributed by atoms with van der Waals surface area (Å²) >= 11 is 0. The van der Waals surface area contributed by atoms with Crippen LogP contribution in [0.4, 0.5) is 11.4 Å². The fourth-order valence-corrected chi connectivity index (χ4v) is 1.64. The van der Waals surface area contributed by atoms with Gasteiger partial charge in [-0.2, -0.15) is 0 Å². The van der Waals surface area contributed by atoms with Crippen molar-refractivity contribution in [3.8, 4) is 0 Å². The van der Waals surface area contributed by atoms with E-state index >= 15 is 0 Å². The van der Waals surface area contributed by atoms with E-state index in [1.807, 2.05) is 0 Å². The van der Waals surface area contributed by atoms with Crippen molar-refractivity contribution in [2.75, 3.05) is 30.8 Å². The molecule has 0 bridgehead atoms. The largest absolute Gasteiger partial charge is 0.478 e. The van der Waals surface area contributed by atoms with Crippen LogP contribution in [-0.4, -0.2) is 30.8 Å². The molecule has 0 saturated heterocycles. The summed E-state index contributed by atoms with van der Waals surface area (Å²) in [4.78, 5) is 11.0. The molecule has 0 aromatic heterocycles. The molecule has 0 aliphatic heterocycles. The van der Waals surface area contributed by atoms with Gasteiger partial charge in [-0.15, -0.1) is 0 Å². The van der Waals surface area contributed by atoms with E-state index in [1.165, 1.54) is 6.07 Å². The number of nitrogens with two attached hydrogens (primary N) is 1. The lowest BCUT2D eigenvalue weighted by Crippen LogP contribution is -2.10. The lowest BCUT2D eigenvalue weighted by Gasteiger charge is -2.10. The molecule has 1 rings (SSSR count). The van der Waals surface area contributed by atoms with Crippen molar-refractivity contribution in [2.45, 2.75) is 26.2 Å². The van der Waals surface area contributed by atoms with Crippen LogP contribution in [0.2, 0.25) is 0 Å². The monoisotopic (exact) mass is 266 g/mol. The van der Waals surface area contributed by atoms with Gasteiger partial charge in [0.25, 0.3) is 0 Å². The van der Waals surface area contributed by atoms with Crippen LogP contribution < -0.4 is 11.1 Å². The molecular formula is C14H22N2O3. The van der Waals surface area contributed by atoms with Gasteiger partial charge in [0.1, 0.15) is 0 Å². The highest BCUT2D eigenvalue weighted by atomic mass is 16.5. The standard InChI is InChI=1S/C14H22N2O3/c1-2-3-8-19-9-4-7-16-13-10-11(15)5-6-12(13)14(17)18/h5-6,10,16H,2-4,7-9,15H2,1H3,(H,17,18). The number of nitrogens with one attached hydrogen (secondary N) is 1. The summed E-state index contributed by atoms with van der Waals surface area (Å²) in [7, 11) is 0. The van der Waals surface area contributed by atoms with Crippen LogP contribution in [-0.2, 0) is 4.74 Å². The maximum absolute atomic E-state index is 11.0. The SMILES string of the molecule is CCCCOCCCNc1cc(N)ccc1C(=O)O. The summed E-state index contributed by atoms with van der Waals surface area (Å²) in [6, 6.07) is 4.74. The minimum Gasteiger partial charge on any atom is -0.478 e. The molecule has 1 aromatic rings. The molecule has 1 aromatic carbocycles. The van der Waals surface area contributed by atoms with E-state index < -0.39 is 5.97 Å². The van der Waals surface area contributed by atoms with Gasteiger partial charge < -0.3 is 20.9 Å². The molecule has 4 N–H and O–H groups in total. The van der Waals surface area contributed by atoms with E-state index in [1.54, 1.807) is 12.1 Å². The van der Waals surface area contributed by atoms with Gasteiger partial charge in [0.2, 0.25) is 0 Å². The first-order valence-electron chi connectivity index (χ1n) is 6.59. The predicted octanol–water partition coefficient (Wildman–Crippen LogP) is 2.59. The first kappa shape index (κ1) is 15.3. The second-order valence-electron chi connectivity index (χ2n) is 4.36. The number of carboxylic acid groups (broad SMARTS) is 1. The molecule has 0 atom stereocenters. The first-order valence-corrected chi connectivity index (χ1v) is 6.59. The number of nitrogen functional groups attached to an aromatic ring is 1. The van der Waals surface area contributed by atoms with Crippen LogP contribution in [0.5, 0.6) is 0 Å². The van der Waals surface area contributed by atoms with Gasteiger partial charge >= 0.3 is 5.97 Å². The topological polar surface area (TPSA) is 84.6 Å². The minimum absolute atomic E-state index is 0.237. The van der Waals surface area contributed by atoms with Crippen LogP contribution in [0, 0.1) is 0 Å². The van der Waals surface area contributed by atoms with Crippen molar-refractivity contribution < 1.29 is 14.6 Å². The third-order valence-electron chi connectivity index (χ3n) is 2.70. The molecular weight excluding hydrogens is 244 g/mol. The fourth-order valence-electron chi connectivity index (χ4n) is 1.64. The van der Waals surface area contributed by atoms with Crippen molar-refractivity contribution >= 4 is 17.3 Å². The smallest absolute Gasteiger partial charge is 0.337 e. The Balaban J connectivity index is 2.36. The van der Waals surface area contributed by atoms with Gasteiger partial charge in [0.15, 0.2) is 0 Å². The summed E-state index contributed by atoms with van der Waals surface area (Å²) < 4.78 is 5.43. The van der Waals surface area contributed by atoms with Gasteiger partial charge in [-0.05, 0) is 31.0 Å². The Labute approximate surface area is 113 Å². The number of carbonyl (C=O) groups is 1. The molecule has 0 aliphatic carbocycles. The van der Waals surface area contributed by atoms with E-state index in [0.717, 1.165) is 25.9 Å². The van der Waals surface area contributed by atoms with Gasteiger partial charge in [-0.25, -0.2) is 4.79 Å². The Morgan fingerprint density at radius 3 is 2.79 bits per heavy atom. The average Bonchev–Trinajstić information content (AvgIpc) is 2.37. The van der Waals surface area contributed by atoms with Crippen LogP contribution in [0.25, 0.3) is 0 Å². The number of aromatic carboxylic acids is 1. The van der Waals surface area contributed by atoms with Crippen molar-refractivity contribution in [1.29, 1.82) is 0 Å². The van der Waals surface area contributed by atoms with Crippen LogP contribution in [0.1, 0.15) is 36.5 Å². The zero-order chi connectivity index (χ0) is 14.1. The van der Waals surface area contributed by atoms with E-state index in [9.17, 15) is 4.79 Å². The summed E-state index contributed by atoms with van der Waals surface area (Å²) in [5, 5.41) is 12.1. The molecule has 0 unspecified atom stereocenters. The van der Waals surface area contributed by atoms with Crippen molar-refractivity contribution in [2.24, 2.45) is 0 Å². The molecule has 0 aliphatic rings. The summed E-state index contributed by atoms with van der Waals surface area (Å²) in [6.45, 7) is 4.25. The quantitative estimate of drug-likeness (QED) is 0.472. The van der Waals surface area contributed by atoms with Crippen molar-refractivity contribution in [1.82, 2.24) is 0 Å². The Hall–Kier alpha value is -1.75.